The first-order valence-electron chi connectivity index (χ1n) is 10.4. The Labute approximate surface area is 170 Å². The Morgan fingerprint density at radius 3 is 2.59 bits per heavy atom. The van der Waals surface area contributed by atoms with Gasteiger partial charge in [0.05, 0.1) is 43.1 Å². The number of hydrogen-bond donors (Lipinski definition) is 1. The van der Waals surface area contributed by atoms with E-state index in [1.807, 2.05) is 59.2 Å². The molecule has 1 N–H and O–H groups in total. The summed E-state index contributed by atoms with van der Waals surface area (Å²) >= 11 is 0. The number of para-hydroxylation sites is 2. The van der Waals surface area contributed by atoms with Crippen molar-refractivity contribution in [1.29, 1.82) is 0 Å². The summed E-state index contributed by atoms with van der Waals surface area (Å²) in [6.07, 6.45) is 1.37. The molecule has 2 unspecified atom stereocenters. The quantitative estimate of drug-likeness (QED) is 0.395. The van der Waals surface area contributed by atoms with Crippen LogP contribution in [0.3, 0.4) is 0 Å². The highest BCUT2D eigenvalue weighted by Crippen LogP contribution is 2.35. The van der Waals surface area contributed by atoms with E-state index < -0.39 is 6.10 Å². The van der Waals surface area contributed by atoms with E-state index in [1.54, 1.807) is 6.33 Å². The molecular formula is C23H27N4O2+. The molecule has 2 saturated heterocycles. The van der Waals surface area contributed by atoms with Gasteiger partial charge < -0.3 is 14.2 Å². The Morgan fingerprint density at radius 2 is 1.79 bits per heavy atom. The van der Waals surface area contributed by atoms with Crippen molar-refractivity contribution in [3.63, 3.8) is 0 Å². The van der Waals surface area contributed by atoms with Gasteiger partial charge in [0.2, 0.25) is 11.8 Å². The number of aromatic nitrogens is 2. The van der Waals surface area contributed by atoms with Gasteiger partial charge in [0.25, 0.3) is 0 Å². The maximum atomic E-state index is 12.7. The minimum atomic E-state index is -0.435. The second-order valence-electron chi connectivity index (χ2n) is 8.43. The number of imidazole rings is 1. The fourth-order valence-electron chi connectivity index (χ4n) is 4.74. The number of carbonyl (C=O) groups excluding carboxylic acids is 1. The fraction of sp³-hybridized carbons (Fsp3) is 0.391. The smallest absolute Gasteiger partial charge is 0.225 e. The summed E-state index contributed by atoms with van der Waals surface area (Å²) < 4.78 is 2.95. The highest BCUT2D eigenvalue weighted by molar-refractivity contribution is 6.00. The molecule has 3 heterocycles. The van der Waals surface area contributed by atoms with Crippen LogP contribution in [0.1, 0.15) is 10.4 Å². The average Bonchev–Trinajstić information content (AvgIpc) is 3.31. The molecule has 2 aliphatic rings. The van der Waals surface area contributed by atoms with Gasteiger partial charge in [0.1, 0.15) is 6.54 Å². The second kappa shape index (κ2) is 7.37. The third-order valence-electron chi connectivity index (χ3n) is 6.55. The van der Waals surface area contributed by atoms with E-state index in [9.17, 15) is 9.90 Å². The van der Waals surface area contributed by atoms with Gasteiger partial charge in [-0.15, -0.1) is 0 Å². The van der Waals surface area contributed by atoms with E-state index in [4.69, 9.17) is 0 Å². The van der Waals surface area contributed by atoms with Crippen LogP contribution < -0.4 is 0 Å². The summed E-state index contributed by atoms with van der Waals surface area (Å²) in [6.45, 7) is 6.01. The molecule has 0 radical (unpaired) electrons. The van der Waals surface area contributed by atoms with E-state index in [-0.39, 0.29) is 11.8 Å². The molecule has 5 rings (SSSR count). The lowest BCUT2D eigenvalue weighted by Gasteiger charge is -2.34. The van der Waals surface area contributed by atoms with E-state index in [2.05, 4.69) is 9.88 Å². The standard InChI is InChI=1S/C23H27N4O2/c28-19(15-26-17-24-20-8-4-5-9-21(20)26)14-25-10-12-27(13-11-25)16-22(27)23(29)18-6-2-1-3-7-18/h1-9,17,19,22,28H,10-16H2/q+1. The molecule has 6 heteroatoms. The molecular weight excluding hydrogens is 364 g/mol. The number of piperazine rings is 1. The summed E-state index contributed by atoms with van der Waals surface area (Å²) in [6, 6.07) is 17.8. The number of quaternary nitrogens is 1. The number of β-amino-alcohol motifs (C(OH)–C–C–N with tert-alkyl or cyclic N) is 1. The van der Waals surface area contributed by atoms with Crippen molar-refractivity contribution in [1.82, 2.24) is 14.5 Å². The van der Waals surface area contributed by atoms with Gasteiger partial charge in [-0.2, -0.15) is 0 Å². The van der Waals surface area contributed by atoms with E-state index in [0.29, 0.717) is 13.1 Å². The molecule has 0 saturated carbocycles. The molecule has 6 nitrogen and oxygen atoms in total. The molecule has 150 valence electrons. The third-order valence-corrected chi connectivity index (χ3v) is 6.55. The van der Waals surface area contributed by atoms with Gasteiger partial charge in [0.15, 0.2) is 0 Å². The number of Topliss-reactive ketones (excluding diaryl/α,β-unsaturated/α-hetero) is 1. The number of rotatable bonds is 6. The summed E-state index contributed by atoms with van der Waals surface area (Å²) in [7, 11) is 0. The van der Waals surface area contributed by atoms with Crippen LogP contribution >= 0.6 is 0 Å². The van der Waals surface area contributed by atoms with Gasteiger partial charge in [-0.05, 0) is 12.1 Å². The van der Waals surface area contributed by atoms with Crippen molar-refractivity contribution < 1.29 is 14.4 Å². The number of carbonyl (C=O) groups is 1. The Hall–Kier alpha value is -2.54. The topological polar surface area (TPSA) is 58.4 Å². The van der Waals surface area contributed by atoms with Gasteiger partial charge in [-0.1, -0.05) is 42.5 Å². The van der Waals surface area contributed by atoms with Crippen molar-refractivity contribution in [2.24, 2.45) is 0 Å². The molecule has 3 aromatic rings. The van der Waals surface area contributed by atoms with Crippen molar-refractivity contribution in [3.8, 4) is 0 Å². The fourth-order valence-corrected chi connectivity index (χ4v) is 4.74. The number of aliphatic hydroxyl groups excluding tert-OH is 1. The number of hydrogen-bond acceptors (Lipinski definition) is 4. The Bertz CT molecular complexity index is 1010. The number of aliphatic hydroxyl groups is 1. The van der Waals surface area contributed by atoms with Crippen molar-refractivity contribution in [2.75, 3.05) is 39.3 Å². The van der Waals surface area contributed by atoms with Crippen LogP contribution in [-0.2, 0) is 6.54 Å². The third kappa shape index (κ3) is 3.59. The summed E-state index contributed by atoms with van der Waals surface area (Å²) in [5.74, 6) is 0.283. The van der Waals surface area contributed by atoms with Crippen LogP contribution in [0.2, 0.25) is 0 Å². The molecule has 0 amide bonds. The van der Waals surface area contributed by atoms with Gasteiger partial charge >= 0.3 is 0 Å². The first kappa shape index (κ1) is 18.5. The Morgan fingerprint density at radius 1 is 1.07 bits per heavy atom. The van der Waals surface area contributed by atoms with Crippen LogP contribution in [0.5, 0.6) is 0 Å². The molecule has 0 bridgehead atoms. The lowest BCUT2D eigenvalue weighted by molar-refractivity contribution is -0.813. The predicted molar refractivity (Wildman–Crippen MR) is 112 cm³/mol. The zero-order valence-corrected chi connectivity index (χ0v) is 16.5. The first-order valence-corrected chi connectivity index (χ1v) is 10.4. The van der Waals surface area contributed by atoms with Gasteiger partial charge in [-0.3, -0.25) is 9.69 Å². The van der Waals surface area contributed by atoms with Gasteiger partial charge in [0, 0.05) is 25.2 Å². The lowest BCUT2D eigenvalue weighted by atomic mass is 10.1. The SMILES string of the molecule is O=C(c1ccccc1)C1C[N+]12CCN(CC(O)Cn1cnc3ccccc31)CC2. The minimum Gasteiger partial charge on any atom is -0.390 e. The molecule has 29 heavy (non-hydrogen) atoms. The normalized spacial score (nSPS) is 22.0. The van der Waals surface area contributed by atoms with Crippen molar-refractivity contribution >= 4 is 16.8 Å². The van der Waals surface area contributed by atoms with Crippen LogP contribution in [0.15, 0.2) is 60.9 Å². The number of benzene rings is 2. The molecule has 2 aliphatic heterocycles. The zero-order chi connectivity index (χ0) is 19.8. The largest absolute Gasteiger partial charge is 0.390 e. The predicted octanol–water partition coefficient (Wildman–Crippen LogP) is 1.79. The summed E-state index contributed by atoms with van der Waals surface area (Å²) in [4.78, 5) is 19.5. The van der Waals surface area contributed by atoms with Crippen LogP contribution in [-0.4, -0.2) is 81.2 Å². The molecule has 1 aromatic heterocycles. The number of nitrogens with zero attached hydrogens (tertiary/aromatic N) is 4. The molecule has 2 aromatic carbocycles. The first-order chi connectivity index (χ1) is 14.1. The van der Waals surface area contributed by atoms with E-state index >= 15 is 0 Å². The lowest BCUT2D eigenvalue weighted by Crippen LogP contribution is -2.52. The maximum Gasteiger partial charge on any atom is 0.225 e. The molecule has 1 spiro atoms. The van der Waals surface area contributed by atoms with Crippen LogP contribution in [0, 0.1) is 0 Å². The minimum absolute atomic E-state index is 0.127. The maximum absolute atomic E-state index is 12.7. The summed E-state index contributed by atoms with van der Waals surface area (Å²) in [5, 5.41) is 10.6. The van der Waals surface area contributed by atoms with Crippen molar-refractivity contribution in [3.05, 3.63) is 66.5 Å². The second-order valence-corrected chi connectivity index (χ2v) is 8.43. The van der Waals surface area contributed by atoms with E-state index in [0.717, 1.165) is 53.8 Å². The average molecular weight is 391 g/mol. The van der Waals surface area contributed by atoms with E-state index in [1.165, 1.54) is 0 Å². The van der Waals surface area contributed by atoms with Crippen molar-refractivity contribution in [2.45, 2.75) is 18.7 Å². The number of ketones is 1. The van der Waals surface area contributed by atoms with Gasteiger partial charge in [-0.25, -0.2) is 4.98 Å². The van der Waals surface area contributed by atoms with Crippen LogP contribution in [0.25, 0.3) is 11.0 Å². The highest BCUT2D eigenvalue weighted by Gasteiger charge is 2.60. The summed E-state index contributed by atoms with van der Waals surface area (Å²) in [5.41, 5.74) is 2.85. The highest BCUT2D eigenvalue weighted by atomic mass is 16.3. The monoisotopic (exact) mass is 391 g/mol. The zero-order valence-electron chi connectivity index (χ0n) is 16.5. The Balaban J connectivity index is 1.14. The molecule has 0 aliphatic carbocycles. The molecule has 2 fully saturated rings. The number of fused-ring (bicyclic) bond motifs is 1. The molecule has 2 atom stereocenters. The Kier molecular flexibility index (Phi) is 4.70. The van der Waals surface area contributed by atoms with Crippen LogP contribution in [0.4, 0.5) is 0 Å².